The van der Waals surface area contributed by atoms with Crippen molar-refractivity contribution in [1.82, 2.24) is 5.32 Å². The van der Waals surface area contributed by atoms with Crippen molar-refractivity contribution in [3.05, 3.63) is 53.6 Å². The summed E-state index contributed by atoms with van der Waals surface area (Å²) >= 11 is 0. The van der Waals surface area contributed by atoms with Gasteiger partial charge in [-0.3, -0.25) is 4.72 Å². The second kappa shape index (κ2) is 8.88. The van der Waals surface area contributed by atoms with Crippen LogP contribution >= 0.6 is 0 Å². The van der Waals surface area contributed by atoms with E-state index in [2.05, 4.69) is 15.4 Å². The van der Waals surface area contributed by atoms with Crippen molar-refractivity contribution in [2.24, 2.45) is 0 Å². The molecule has 0 saturated carbocycles. The van der Waals surface area contributed by atoms with Crippen molar-refractivity contribution >= 4 is 27.4 Å². The Morgan fingerprint density at radius 1 is 1.07 bits per heavy atom. The number of amides is 2. The van der Waals surface area contributed by atoms with Gasteiger partial charge in [0, 0.05) is 19.3 Å². The average molecular weight is 391 g/mol. The Balaban J connectivity index is 2.06. The monoisotopic (exact) mass is 391 g/mol. The first-order chi connectivity index (χ1) is 12.7. The van der Waals surface area contributed by atoms with E-state index in [-0.39, 0.29) is 17.0 Å². The summed E-state index contributed by atoms with van der Waals surface area (Å²) in [4.78, 5) is 11.9. The predicted octanol–water partition coefficient (Wildman–Crippen LogP) is 3.26. The van der Waals surface area contributed by atoms with E-state index in [4.69, 9.17) is 4.74 Å². The molecule has 7 nitrogen and oxygen atoms in total. The molecule has 2 rings (SSSR count). The standard InChI is InChI=1S/C19H25N3O4S/c1-13-6-5-7-14(2)18(13)22-27(24,25)17-10-8-16(9-11-17)21-19(23)20-12-15(3)26-4/h5-11,15,22H,12H2,1-4H3,(H2,20,21,23). The van der Waals surface area contributed by atoms with Gasteiger partial charge in [0.05, 0.1) is 16.7 Å². The van der Waals surface area contributed by atoms with E-state index < -0.39 is 10.0 Å². The summed E-state index contributed by atoms with van der Waals surface area (Å²) in [5, 5.41) is 5.31. The normalized spacial score (nSPS) is 12.3. The van der Waals surface area contributed by atoms with E-state index in [1.54, 1.807) is 19.2 Å². The van der Waals surface area contributed by atoms with Crippen LogP contribution in [0.5, 0.6) is 0 Å². The summed E-state index contributed by atoms with van der Waals surface area (Å²) in [5.41, 5.74) is 2.76. The quantitative estimate of drug-likeness (QED) is 0.675. The Labute approximate surface area is 160 Å². The zero-order chi connectivity index (χ0) is 20.0. The van der Waals surface area contributed by atoms with Crippen LogP contribution in [-0.4, -0.2) is 34.2 Å². The van der Waals surface area contributed by atoms with Gasteiger partial charge in [-0.1, -0.05) is 18.2 Å². The molecule has 0 aliphatic rings. The first-order valence-electron chi connectivity index (χ1n) is 8.49. The number of aryl methyl sites for hydroxylation is 2. The molecule has 0 aromatic heterocycles. The van der Waals surface area contributed by atoms with Crippen molar-refractivity contribution in [3.63, 3.8) is 0 Å². The highest BCUT2D eigenvalue weighted by molar-refractivity contribution is 7.92. The van der Waals surface area contributed by atoms with Crippen LogP contribution in [0.25, 0.3) is 0 Å². The van der Waals surface area contributed by atoms with Gasteiger partial charge in [-0.2, -0.15) is 0 Å². The topological polar surface area (TPSA) is 96.5 Å². The fourth-order valence-corrected chi connectivity index (χ4v) is 3.58. The second-order valence-electron chi connectivity index (χ2n) is 6.28. The van der Waals surface area contributed by atoms with Gasteiger partial charge in [0.2, 0.25) is 0 Å². The minimum Gasteiger partial charge on any atom is -0.380 e. The number of carbonyl (C=O) groups excluding carboxylic acids is 1. The molecule has 8 heteroatoms. The molecule has 0 fully saturated rings. The number of hydrogen-bond acceptors (Lipinski definition) is 4. The van der Waals surface area contributed by atoms with Gasteiger partial charge in [-0.05, 0) is 56.2 Å². The van der Waals surface area contributed by atoms with Crippen LogP contribution in [0, 0.1) is 13.8 Å². The van der Waals surface area contributed by atoms with Crippen LogP contribution in [0.1, 0.15) is 18.1 Å². The number of methoxy groups -OCH3 is 1. The lowest BCUT2D eigenvalue weighted by atomic mass is 10.1. The van der Waals surface area contributed by atoms with Crippen LogP contribution in [0.3, 0.4) is 0 Å². The van der Waals surface area contributed by atoms with E-state index in [9.17, 15) is 13.2 Å². The maximum absolute atomic E-state index is 12.6. The van der Waals surface area contributed by atoms with E-state index in [0.717, 1.165) is 11.1 Å². The molecule has 0 heterocycles. The molecule has 0 bridgehead atoms. The molecule has 146 valence electrons. The second-order valence-corrected chi connectivity index (χ2v) is 7.96. The first-order valence-corrected chi connectivity index (χ1v) is 9.98. The third kappa shape index (κ3) is 5.70. The van der Waals surface area contributed by atoms with Gasteiger partial charge in [-0.15, -0.1) is 0 Å². The van der Waals surface area contributed by atoms with E-state index in [1.165, 1.54) is 12.1 Å². The maximum atomic E-state index is 12.6. The number of urea groups is 1. The third-order valence-corrected chi connectivity index (χ3v) is 5.46. The van der Waals surface area contributed by atoms with Crippen molar-refractivity contribution in [2.45, 2.75) is 31.8 Å². The molecule has 2 aromatic carbocycles. The van der Waals surface area contributed by atoms with Crippen LogP contribution < -0.4 is 15.4 Å². The molecule has 0 saturated heterocycles. The molecule has 27 heavy (non-hydrogen) atoms. The molecule has 0 aliphatic carbocycles. The van der Waals surface area contributed by atoms with E-state index >= 15 is 0 Å². The molecule has 1 unspecified atom stereocenters. The average Bonchev–Trinajstić information content (AvgIpc) is 2.63. The van der Waals surface area contributed by atoms with Gasteiger partial charge in [0.25, 0.3) is 10.0 Å². The number of carbonyl (C=O) groups is 1. The summed E-state index contributed by atoms with van der Waals surface area (Å²) in [6, 6.07) is 11.2. The summed E-state index contributed by atoms with van der Waals surface area (Å²) in [6.07, 6.45) is -0.0979. The fourth-order valence-electron chi connectivity index (χ4n) is 2.38. The highest BCUT2D eigenvalue weighted by Crippen LogP contribution is 2.24. The Kier molecular flexibility index (Phi) is 6.81. The lowest BCUT2D eigenvalue weighted by molar-refractivity contribution is 0.119. The zero-order valence-electron chi connectivity index (χ0n) is 15.9. The number of anilines is 2. The number of nitrogens with one attached hydrogen (secondary N) is 3. The lowest BCUT2D eigenvalue weighted by Crippen LogP contribution is -2.34. The predicted molar refractivity (Wildman–Crippen MR) is 107 cm³/mol. The number of para-hydroxylation sites is 1. The van der Waals surface area contributed by atoms with Crippen molar-refractivity contribution in [1.29, 1.82) is 0 Å². The van der Waals surface area contributed by atoms with E-state index in [1.807, 2.05) is 39.0 Å². The number of rotatable bonds is 7. The number of sulfonamides is 1. The number of hydrogen-bond donors (Lipinski definition) is 3. The Morgan fingerprint density at radius 2 is 1.67 bits per heavy atom. The largest absolute Gasteiger partial charge is 0.380 e. The van der Waals surface area contributed by atoms with E-state index in [0.29, 0.717) is 17.9 Å². The highest BCUT2D eigenvalue weighted by atomic mass is 32.2. The Morgan fingerprint density at radius 3 is 2.22 bits per heavy atom. The van der Waals surface area contributed by atoms with Gasteiger partial charge in [-0.25, -0.2) is 13.2 Å². The smallest absolute Gasteiger partial charge is 0.319 e. The lowest BCUT2D eigenvalue weighted by Gasteiger charge is -2.14. The minimum atomic E-state index is -3.72. The molecule has 0 aliphatic heterocycles. The van der Waals surface area contributed by atoms with Gasteiger partial charge in [0.15, 0.2) is 0 Å². The molecule has 1 atom stereocenters. The summed E-state index contributed by atoms with van der Waals surface area (Å²) in [7, 11) is -2.16. The number of ether oxygens (including phenoxy) is 1. The molecule has 2 amide bonds. The summed E-state index contributed by atoms with van der Waals surface area (Å²) < 4.78 is 32.9. The zero-order valence-corrected chi connectivity index (χ0v) is 16.7. The molecular weight excluding hydrogens is 366 g/mol. The molecule has 2 aromatic rings. The van der Waals surface area contributed by atoms with Crippen LogP contribution in [0.4, 0.5) is 16.2 Å². The molecule has 3 N–H and O–H groups in total. The van der Waals surface area contributed by atoms with Crippen molar-refractivity contribution in [2.75, 3.05) is 23.7 Å². The van der Waals surface area contributed by atoms with Crippen molar-refractivity contribution in [3.8, 4) is 0 Å². The summed E-state index contributed by atoms with van der Waals surface area (Å²) in [5.74, 6) is 0. The third-order valence-electron chi connectivity index (χ3n) is 4.09. The van der Waals surface area contributed by atoms with Gasteiger partial charge >= 0.3 is 6.03 Å². The number of benzene rings is 2. The maximum Gasteiger partial charge on any atom is 0.319 e. The van der Waals surface area contributed by atoms with Crippen molar-refractivity contribution < 1.29 is 17.9 Å². The molecule has 0 spiro atoms. The van der Waals surface area contributed by atoms with Gasteiger partial charge in [0.1, 0.15) is 0 Å². The highest BCUT2D eigenvalue weighted by Gasteiger charge is 2.16. The molecular formula is C19H25N3O4S. The fraction of sp³-hybridized carbons (Fsp3) is 0.316. The molecule has 0 radical (unpaired) electrons. The van der Waals surface area contributed by atoms with Crippen LogP contribution in [-0.2, 0) is 14.8 Å². The Hall–Kier alpha value is -2.58. The minimum absolute atomic E-state index is 0.0979. The SMILES string of the molecule is COC(C)CNC(=O)Nc1ccc(S(=O)(=O)Nc2c(C)cccc2C)cc1. The first kappa shape index (κ1) is 20.7. The Bertz CT molecular complexity index is 875. The summed E-state index contributed by atoms with van der Waals surface area (Å²) in [6.45, 7) is 5.90. The van der Waals surface area contributed by atoms with Crippen LogP contribution in [0.15, 0.2) is 47.4 Å². The van der Waals surface area contributed by atoms with Crippen LogP contribution in [0.2, 0.25) is 0 Å². The van der Waals surface area contributed by atoms with Gasteiger partial charge < -0.3 is 15.4 Å².